The second-order valence-corrected chi connectivity index (χ2v) is 8.61. The molecule has 0 aromatic heterocycles. The van der Waals surface area contributed by atoms with Gasteiger partial charge in [-0.05, 0) is 61.7 Å². The van der Waals surface area contributed by atoms with Crippen molar-refractivity contribution in [1.29, 1.82) is 0 Å². The zero-order valence-electron chi connectivity index (χ0n) is 15.2. The summed E-state index contributed by atoms with van der Waals surface area (Å²) in [6.07, 6.45) is 1.82. The molecule has 0 spiro atoms. The molecule has 5 nitrogen and oxygen atoms in total. The quantitative estimate of drug-likeness (QED) is 0.776. The lowest BCUT2D eigenvalue weighted by Gasteiger charge is -2.31. The molecule has 1 saturated heterocycles. The fourth-order valence-corrected chi connectivity index (χ4v) is 4.75. The van der Waals surface area contributed by atoms with E-state index in [2.05, 4.69) is 0 Å². The predicted octanol–water partition coefficient (Wildman–Crippen LogP) is 3.48. The van der Waals surface area contributed by atoms with Crippen LogP contribution in [-0.2, 0) is 10.0 Å². The molecule has 1 atom stereocenters. The van der Waals surface area contributed by atoms with Crippen LogP contribution in [0.2, 0.25) is 0 Å². The number of aryl methyl sites for hydroxylation is 1. The number of piperidine rings is 1. The van der Waals surface area contributed by atoms with Crippen molar-refractivity contribution >= 4 is 10.0 Å². The van der Waals surface area contributed by atoms with Gasteiger partial charge in [0.2, 0.25) is 10.0 Å². The number of benzene rings is 2. The first-order valence-electron chi connectivity index (χ1n) is 8.83. The molecule has 1 aliphatic rings. The van der Waals surface area contributed by atoms with Crippen LogP contribution in [0.15, 0.2) is 53.4 Å². The molecule has 0 N–H and O–H groups in total. The summed E-state index contributed by atoms with van der Waals surface area (Å²) in [5.74, 6) is 1.67. The minimum atomic E-state index is -3.49. The highest BCUT2D eigenvalue weighted by Gasteiger charge is 2.30. The van der Waals surface area contributed by atoms with E-state index in [1.807, 2.05) is 31.2 Å². The van der Waals surface area contributed by atoms with Gasteiger partial charge in [-0.25, -0.2) is 8.42 Å². The summed E-state index contributed by atoms with van der Waals surface area (Å²) in [6, 6.07) is 14.5. The third kappa shape index (κ3) is 4.37. The third-order valence-electron chi connectivity index (χ3n) is 4.65. The monoisotopic (exact) mass is 375 g/mol. The normalized spacial score (nSPS) is 18.5. The maximum absolute atomic E-state index is 12.9. The van der Waals surface area contributed by atoms with Crippen LogP contribution >= 0.6 is 0 Å². The average molecular weight is 375 g/mol. The van der Waals surface area contributed by atoms with Crippen molar-refractivity contribution in [3.05, 3.63) is 54.1 Å². The largest absolute Gasteiger partial charge is 0.497 e. The summed E-state index contributed by atoms with van der Waals surface area (Å²) in [5.41, 5.74) is 1.15. The molecule has 1 fully saturated rings. The highest BCUT2D eigenvalue weighted by Crippen LogP contribution is 2.26. The summed E-state index contributed by atoms with van der Waals surface area (Å²) >= 11 is 0. The van der Waals surface area contributed by atoms with Crippen LogP contribution in [0, 0.1) is 12.8 Å². The molecule has 1 aliphatic heterocycles. The van der Waals surface area contributed by atoms with E-state index in [0.717, 1.165) is 24.2 Å². The number of hydrogen-bond donors (Lipinski definition) is 0. The maximum Gasteiger partial charge on any atom is 0.243 e. The predicted molar refractivity (Wildman–Crippen MR) is 101 cm³/mol. The molecule has 6 heteroatoms. The molecule has 2 aromatic carbocycles. The molecule has 1 unspecified atom stereocenters. The molecule has 0 saturated carbocycles. The van der Waals surface area contributed by atoms with Gasteiger partial charge in [-0.2, -0.15) is 4.31 Å². The maximum atomic E-state index is 12.9. The molecular formula is C20H25NO4S. The average Bonchev–Trinajstić information content (AvgIpc) is 2.67. The van der Waals surface area contributed by atoms with Crippen LogP contribution in [-0.4, -0.2) is 39.5 Å². The lowest BCUT2D eigenvalue weighted by atomic mass is 10.0. The first-order chi connectivity index (χ1) is 12.5. The first kappa shape index (κ1) is 18.7. The summed E-state index contributed by atoms with van der Waals surface area (Å²) < 4.78 is 38.4. The van der Waals surface area contributed by atoms with Crippen molar-refractivity contribution < 1.29 is 17.9 Å². The minimum Gasteiger partial charge on any atom is -0.497 e. The number of sulfonamides is 1. The number of hydrogen-bond acceptors (Lipinski definition) is 4. The van der Waals surface area contributed by atoms with Gasteiger partial charge < -0.3 is 9.47 Å². The molecule has 0 bridgehead atoms. The van der Waals surface area contributed by atoms with Crippen molar-refractivity contribution in [2.45, 2.75) is 24.7 Å². The van der Waals surface area contributed by atoms with E-state index >= 15 is 0 Å². The van der Waals surface area contributed by atoms with Crippen LogP contribution in [0.25, 0.3) is 0 Å². The van der Waals surface area contributed by atoms with E-state index in [1.165, 1.54) is 0 Å². The van der Waals surface area contributed by atoms with Crippen molar-refractivity contribution in [2.75, 3.05) is 26.8 Å². The van der Waals surface area contributed by atoms with Gasteiger partial charge in [0.25, 0.3) is 0 Å². The summed E-state index contributed by atoms with van der Waals surface area (Å²) in [6.45, 7) is 3.59. The Bertz CT molecular complexity index is 833. The molecular weight excluding hydrogens is 350 g/mol. The van der Waals surface area contributed by atoms with Gasteiger partial charge in [-0.3, -0.25) is 0 Å². The molecule has 0 radical (unpaired) electrons. The molecule has 0 amide bonds. The van der Waals surface area contributed by atoms with Gasteiger partial charge in [0.05, 0.1) is 18.6 Å². The van der Waals surface area contributed by atoms with Crippen LogP contribution in [0.5, 0.6) is 11.5 Å². The number of methoxy groups -OCH3 is 1. The van der Waals surface area contributed by atoms with Crippen LogP contribution < -0.4 is 9.47 Å². The molecule has 0 aliphatic carbocycles. The van der Waals surface area contributed by atoms with Gasteiger partial charge in [-0.1, -0.05) is 12.1 Å². The van der Waals surface area contributed by atoms with Crippen molar-refractivity contribution in [2.24, 2.45) is 5.92 Å². The summed E-state index contributed by atoms with van der Waals surface area (Å²) in [5, 5.41) is 0. The van der Waals surface area contributed by atoms with E-state index in [1.54, 1.807) is 35.7 Å². The van der Waals surface area contributed by atoms with Crippen molar-refractivity contribution in [3.63, 3.8) is 0 Å². The Morgan fingerprint density at radius 3 is 2.58 bits per heavy atom. The Hall–Kier alpha value is -2.05. The molecule has 2 aromatic rings. The van der Waals surface area contributed by atoms with E-state index in [9.17, 15) is 8.42 Å². The van der Waals surface area contributed by atoms with E-state index in [4.69, 9.17) is 9.47 Å². The van der Waals surface area contributed by atoms with Crippen LogP contribution in [0.1, 0.15) is 18.4 Å². The van der Waals surface area contributed by atoms with Gasteiger partial charge in [-0.15, -0.1) is 0 Å². The summed E-state index contributed by atoms with van der Waals surface area (Å²) in [4.78, 5) is 0.304. The zero-order valence-corrected chi connectivity index (χ0v) is 16.0. The van der Waals surface area contributed by atoms with Gasteiger partial charge in [0.15, 0.2) is 0 Å². The topological polar surface area (TPSA) is 55.8 Å². The SMILES string of the molecule is COc1ccc(S(=O)(=O)N2CCCC(COc3cccc(C)c3)C2)cc1. The molecule has 1 heterocycles. The van der Waals surface area contributed by atoms with E-state index < -0.39 is 10.0 Å². The molecule has 3 rings (SSSR count). The van der Waals surface area contributed by atoms with E-state index in [-0.39, 0.29) is 5.92 Å². The van der Waals surface area contributed by atoms with Crippen LogP contribution in [0.4, 0.5) is 0 Å². The Morgan fingerprint density at radius 2 is 1.88 bits per heavy atom. The molecule has 140 valence electrons. The lowest BCUT2D eigenvalue weighted by molar-refractivity contribution is 0.180. The smallest absolute Gasteiger partial charge is 0.243 e. The fourth-order valence-electron chi connectivity index (χ4n) is 3.20. The van der Waals surface area contributed by atoms with Crippen molar-refractivity contribution in [3.8, 4) is 11.5 Å². The highest BCUT2D eigenvalue weighted by atomic mass is 32.2. The fraction of sp³-hybridized carbons (Fsp3) is 0.400. The Labute approximate surface area is 155 Å². The van der Waals surface area contributed by atoms with E-state index in [0.29, 0.717) is 30.3 Å². The van der Waals surface area contributed by atoms with Gasteiger partial charge >= 0.3 is 0 Å². The van der Waals surface area contributed by atoms with Crippen molar-refractivity contribution in [1.82, 2.24) is 4.31 Å². The number of nitrogens with zero attached hydrogens (tertiary/aromatic N) is 1. The first-order valence-corrected chi connectivity index (χ1v) is 10.3. The second-order valence-electron chi connectivity index (χ2n) is 6.67. The standard InChI is InChI=1S/C20H25NO4S/c1-16-5-3-7-19(13-16)25-15-17-6-4-12-21(14-17)26(22,23)20-10-8-18(24-2)9-11-20/h3,5,7-11,13,17H,4,6,12,14-15H2,1-2H3. The highest BCUT2D eigenvalue weighted by molar-refractivity contribution is 7.89. The zero-order chi connectivity index (χ0) is 18.6. The number of rotatable bonds is 6. The Balaban J connectivity index is 1.65. The van der Waals surface area contributed by atoms with Gasteiger partial charge in [0.1, 0.15) is 11.5 Å². The van der Waals surface area contributed by atoms with Gasteiger partial charge in [0, 0.05) is 19.0 Å². The Morgan fingerprint density at radius 1 is 1.12 bits per heavy atom. The van der Waals surface area contributed by atoms with Crippen LogP contribution in [0.3, 0.4) is 0 Å². The minimum absolute atomic E-state index is 0.192. The number of ether oxygens (including phenoxy) is 2. The summed E-state index contributed by atoms with van der Waals surface area (Å²) in [7, 11) is -1.92. The lowest BCUT2D eigenvalue weighted by Crippen LogP contribution is -2.41. The third-order valence-corrected chi connectivity index (χ3v) is 6.53. The Kier molecular flexibility index (Phi) is 5.84. The second kappa shape index (κ2) is 8.10. The molecule has 26 heavy (non-hydrogen) atoms.